The van der Waals surface area contributed by atoms with Crippen molar-refractivity contribution in [2.45, 2.75) is 13.8 Å². The lowest BCUT2D eigenvalue weighted by atomic mass is 10.0. The maximum Gasteiger partial charge on any atom is 0.259 e. The van der Waals surface area contributed by atoms with Gasteiger partial charge in [0.25, 0.3) is 5.91 Å². The van der Waals surface area contributed by atoms with E-state index in [9.17, 15) is 13.2 Å². The minimum atomic E-state index is -3.27. The van der Waals surface area contributed by atoms with Crippen LogP contribution in [0.4, 0.5) is 0 Å². The predicted molar refractivity (Wildman–Crippen MR) is 104 cm³/mol. The van der Waals surface area contributed by atoms with Crippen LogP contribution >= 0.6 is 23.2 Å². The van der Waals surface area contributed by atoms with Gasteiger partial charge in [0.05, 0.1) is 15.8 Å². The van der Waals surface area contributed by atoms with Gasteiger partial charge in [0, 0.05) is 31.7 Å². The Hall–Kier alpha value is -1.61. The molecule has 1 aliphatic heterocycles. The molecule has 0 aliphatic carbocycles. The second kappa shape index (κ2) is 7.79. The molecule has 0 N–H and O–H groups in total. The summed E-state index contributed by atoms with van der Waals surface area (Å²) in [6.07, 6.45) is 0. The zero-order chi connectivity index (χ0) is 19.8. The number of carbonyl (C=O) groups excluding carboxylic acids is 1. The molecule has 0 radical (unpaired) electrons. The third-order valence-electron chi connectivity index (χ3n) is 4.56. The van der Waals surface area contributed by atoms with Crippen LogP contribution in [0.5, 0.6) is 0 Å². The summed E-state index contributed by atoms with van der Waals surface area (Å²) in [5.74, 6) is 0.115. The van der Waals surface area contributed by atoms with Crippen LogP contribution in [-0.4, -0.2) is 60.6 Å². The number of piperazine rings is 1. The van der Waals surface area contributed by atoms with Crippen molar-refractivity contribution in [2.75, 3.05) is 31.9 Å². The minimum absolute atomic E-state index is 0.0425. The summed E-state index contributed by atoms with van der Waals surface area (Å²) >= 11 is 12.5. The Kier molecular flexibility index (Phi) is 5.81. The normalized spacial score (nSPS) is 15.9. The molecular formula is C17H19Cl2N3O4S. The third-order valence-corrected chi connectivity index (χ3v) is 7.07. The van der Waals surface area contributed by atoms with E-state index in [-0.39, 0.29) is 36.0 Å². The zero-order valence-electron chi connectivity index (χ0n) is 14.9. The van der Waals surface area contributed by atoms with Gasteiger partial charge in [-0.1, -0.05) is 34.4 Å². The molecule has 0 unspecified atom stereocenters. The molecular weight excluding hydrogens is 413 g/mol. The van der Waals surface area contributed by atoms with Crippen molar-refractivity contribution in [3.63, 3.8) is 0 Å². The van der Waals surface area contributed by atoms with Gasteiger partial charge in [-0.3, -0.25) is 4.79 Å². The van der Waals surface area contributed by atoms with Gasteiger partial charge in [0.2, 0.25) is 10.0 Å². The van der Waals surface area contributed by atoms with Crippen LogP contribution in [-0.2, 0) is 10.0 Å². The van der Waals surface area contributed by atoms with Crippen LogP contribution in [0.1, 0.15) is 23.0 Å². The maximum atomic E-state index is 13.1. The highest BCUT2D eigenvalue weighted by atomic mass is 35.5. The number of benzene rings is 1. The Morgan fingerprint density at radius 1 is 1.19 bits per heavy atom. The van der Waals surface area contributed by atoms with Crippen LogP contribution in [0.25, 0.3) is 11.3 Å². The van der Waals surface area contributed by atoms with E-state index in [0.29, 0.717) is 34.5 Å². The van der Waals surface area contributed by atoms with Gasteiger partial charge in [-0.05, 0) is 26.0 Å². The molecule has 10 heteroatoms. The van der Waals surface area contributed by atoms with E-state index in [0.717, 1.165) is 0 Å². The molecule has 3 rings (SSSR count). The first-order chi connectivity index (χ1) is 12.8. The highest BCUT2D eigenvalue weighted by molar-refractivity contribution is 7.89. The van der Waals surface area contributed by atoms with Crippen LogP contribution in [0, 0.1) is 6.92 Å². The van der Waals surface area contributed by atoms with E-state index in [1.54, 1.807) is 36.9 Å². The van der Waals surface area contributed by atoms with Crippen LogP contribution < -0.4 is 0 Å². The molecule has 0 spiro atoms. The first-order valence-corrected chi connectivity index (χ1v) is 10.8. The summed E-state index contributed by atoms with van der Waals surface area (Å²) in [7, 11) is -3.27. The number of hydrogen-bond donors (Lipinski definition) is 0. The molecule has 1 aromatic carbocycles. The molecule has 2 aromatic rings. The standard InChI is InChI=1S/C17H19Cl2N3O4S/c1-3-27(24,25)22-9-7-21(8-10-22)17(23)14-11(2)26-20-16(14)15-12(18)5-4-6-13(15)19/h4-6H,3,7-10H2,1-2H3. The largest absolute Gasteiger partial charge is 0.360 e. The maximum absolute atomic E-state index is 13.1. The smallest absolute Gasteiger partial charge is 0.259 e. The summed E-state index contributed by atoms with van der Waals surface area (Å²) in [5.41, 5.74) is 1.02. The molecule has 1 saturated heterocycles. The number of hydrogen-bond acceptors (Lipinski definition) is 5. The topological polar surface area (TPSA) is 83.7 Å². The van der Waals surface area contributed by atoms with Gasteiger partial charge in [0.15, 0.2) is 0 Å². The summed E-state index contributed by atoms with van der Waals surface area (Å²) in [5, 5.41) is 4.72. The number of sulfonamides is 1. The molecule has 0 atom stereocenters. The third kappa shape index (κ3) is 3.85. The average molecular weight is 432 g/mol. The summed E-state index contributed by atoms with van der Waals surface area (Å²) in [6, 6.07) is 5.03. The van der Waals surface area contributed by atoms with Gasteiger partial charge in [-0.15, -0.1) is 0 Å². The SMILES string of the molecule is CCS(=O)(=O)N1CCN(C(=O)c2c(-c3c(Cl)cccc3Cl)noc2C)CC1. The van der Waals surface area contributed by atoms with Gasteiger partial charge in [-0.2, -0.15) is 4.31 Å². The molecule has 1 amide bonds. The number of amides is 1. The van der Waals surface area contributed by atoms with Crippen molar-refractivity contribution in [2.24, 2.45) is 0 Å². The Bertz CT molecular complexity index is 946. The van der Waals surface area contributed by atoms with Gasteiger partial charge >= 0.3 is 0 Å². The predicted octanol–water partition coefficient (Wildman–Crippen LogP) is 3.06. The number of aryl methyl sites for hydroxylation is 1. The Morgan fingerprint density at radius 3 is 2.33 bits per heavy atom. The first-order valence-electron chi connectivity index (χ1n) is 8.44. The van der Waals surface area contributed by atoms with Crippen LogP contribution in [0.15, 0.2) is 22.7 Å². The van der Waals surface area contributed by atoms with Gasteiger partial charge < -0.3 is 9.42 Å². The van der Waals surface area contributed by atoms with Crippen molar-refractivity contribution in [1.29, 1.82) is 0 Å². The minimum Gasteiger partial charge on any atom is -0.360 e. The van der Waals surface area contributed by atoms with Crippen molar-refractivity contribution in [1.82, 2.24) is 14.4 Å². The lowest BCUT2D eigenvalue weighted by molar-refractivity contribution is 0.0697. The quantitative estimate of drug-likeness (QED) is 0.742. The molecule has 1 aliphatic rings. The van der Waals surface area contributed by atoms with E-state index in [4.69, 9.17) is 27.7 Å². The second-order valence-corrected chi connectivity index (χ2v) is 9.22. The fourth-order valence-corrected chi connectivity index (χ4v) is 4.69. The van der Waals surface area contributed by atoms with Crippen molar-refractivity contribution < 1.29 is 17.7 Å². The summed E-state index contributed by atoms with van der Waals surface area (Å²) in [6.45, 7) is 4.35. The molecule has 27 heavy (non-hydrogen) atoms. The first kappa shape index (κ1) is 20.1. The zero-order valence-corrected chi connectivity index (χ0v) is 17.2. The number of nitrogens with zero attached hydrogens (tertiary/aromatic N) is 3. The number of rotatable bonds is 4. The van der Waals surface area contributed by atoms with Crippen LogP contribution in [0.2, 0.25) is 10.0 Å². The highest BCUT2D eigenvalue weighted by Crippen LogP contribution is 2.37. The lowest BCUT2D eigenvalue weighted by Gasteiger charge is -2.33. The van der Waals surface area contributed by atoms with Gasteiger partial charge in [-0.25, -0.2) is 8.42 Å². The molecule has 1 aromatic heterocycles. The van der Waals surface area contributed by atoms with Crippen LogP contribution in [0.3, 0.4) is 0 Å². The van der Waals surface area contributed by atoms with E-state index in [1.165, 1.54) is 4.31 Å². The Morgan fingerprint density at radius 2 is 1.78 bits per heavy atom. The summed E-state index contributed by atoms with van der Waals surface area (Å²) in [4.78, 5) is 14.7. The molecule has 0 saturated carbocycles. The molecule has 146 valence electrons. The molecule has 1 fully saturated rings. The summed E-state index contributed by atoms with van der Waals surface area (Å²) < 4.78 is 30.6. The Balaban J connectivity index is 1.89. The molecule has 7 nitrogen and oxygen atoms in total. The molecule has 0 bridgehead atoms. The van der Waals surface area contributed by atoms with E-state index in [2.05, 4.69) is 5.16 Å². The fraction of sp³-hybridized carbons (Fsp3) is 0.412. The second-order valence-electron chi connectivity index (χ2n) is 6.15. The Labute approximate surface area is 167 Å². The highest BCUT2D eigenvalue weighted by Gasteiger charge is 2.32. The lowest BCUT2D eigenvalue weighted by Crippen LogP contribution is -2.51. The van der Waals surface area contributed by atoms with Crippen molar-refractivity contribution in [3.8, 4) is 11.3 Å². The van der Waals surface area contributed by atoms with E-state index < -0.39 is 10.0 Å². The van der Waals surface area contributed by atoms with E-state index >= 15 is 0 Å². The van der Waals surface area contributed by atoms with Crippen molar-refractivity contribution in [3.05, 3.63) is 39.6 Å². The van der Waals surface area contributed by atoms with Gasteiger partial charge in [0.1, 0.15) is 17.0 Å². The number of halogens is 2. The number of carbonyl (C=O) groups is 1. The average Bonchev–Trinajstić information content (AvgIpc) is 3.02. The number of aromatic nitrogens is 1. The fourth-order valence-electron chi connectivity index (χ4n) is 3.03. The van der Waals surface area contributed by atoms with Crippen molar-refractivity contribution >= 4 is 39.1 Å². The van der Waals surface area contributed by atoms with E-state index in [1.807, 2.05) is 0 Å². The molecule has 2 heterocycles. The monoisotopic (exact) mass is 431 g/mol.